The second-order valence-corrected chi connectivity index (χ2v) is 4.14. The molecule has 0 saturated carbocycles. The summed E-state index contributed by atoms with van der Waals surface area (Å²) >= 11 is 1.63. The quantitative estimate of drug-likeness (QED) is 0.688. The van der Waals surface area contributed by atoms with Crippen molar-refractivity contribution in [2.75, 3.05) is 0 Å². The number of rotatable bonds is 1. The third-order valence-corrected chi connectivity index (χ3v) is 3.08. The smallest absolute Gasteiger partial charge is 0.101 e. The Morgan fingerprint density at radius 1 is 1.21 bits per heavy atom. The van der Waals surface area contributed by atoms with Gasteiger partial charge in [-0.25, -0.2) is 0 Å². The molecule has 2 aromatic rings. The Kier molecular flexibility index (Phi) is 2.34. The molecule has 0 saturated heterocycles. The lowest BCUT2D eigenvalue weighted by Crippen LogP contribution is -1.79. The third kappa shape index (κ3) is 1.43. The fourth-order valence-electron chi connectivity index (χ4n) is 1.42. The van der Waals surface area contributed by atoms with E-state index < -0.39 is 0 Å². The van der Waals surface area contributed by atoms with Crippen molar-refractivity contribution in [2.45, 2.75) is 6.92 Å². The van der Waals surface area contributed by atoms with Crippen molar-refractivity contribution in [2.24, 2.45) is 0 Å². The predicted molar refractivity (Wildman–Crippen MR) is 59.2 cm³/mol. The van der Waals surface area contributed by atoms with Crippen LogP contribution in [0.3, 0.4) is 0 Å². The molecule has 1 heterocycles. The highest BCUT2D eigenvalue weighted by atomic mass is 32.1. The number of aryl methyl sites for hydroxylation is 1. The van der Waals surface area contributed by atoms with Gasteiger partial charge in [0.1, 0.15) is 6.07 Å². The van der Waals surface area contributed by atoms with E-state index in [9.17, 15) is 0 Å². The molecule has 0 atom stereocenters. The summed E-state index contributed by atoms with van der Waals surface area (Å²) in [5, 5.41) is 11.1. The molecular formula is C12H9NS. The molecule has 2 rings (SSSR count). The van der Waals surface area contributed by atoms with Crippen LogP contribution in [-0.2, 0) is 0 Å². The molecule has 0 N–H and O–H groups in total. The normalized spacial score (nSPS) is 9.71. The Morgan fingerprint density at radius 2 is 1.93 bits per heavy atom. The number of nitrogens with zero attached hydrogens (tertiary/aromatic N) is 1. The molecule has 1 aromatic carbocycles. The minimum atomic E-state index is 0.807. The molecule has 0 amide bonds. The Morgan fingerprint density at radius 3 is 2.57 bits per heavy atom. The Balaban J connectivity index is 2.59. The van der Waals surface area contributed by atoms with E-state index >= 15 is 0 Å². The molecule has 0 spiro atoms. The maximum absolute atomic E-state index is 9.01. The van der Waals surface area contributed by atoms with Crippen molar-refractivity contribution in [1.82, 2.24) is 0 Å². The van der Waals surface area contributed by atoms with E-state index in [1.807, 2.05) is 42.6 Å². The molecule has 0 aliphatic carbocycles. The average Bonchev–Trinajstić information content (AvgIpc) is 2.61. The van der Waals surface area contributed by atoms with Gasteiger partial charge in [-0.15, -0.1) is 11.3 Å². The van der Waals surface area contributed by atoms with Gasteiger partial charge < -0.3 is 0 Å². The zero-order valence-electron chi connectivity index (χ0n) is 7.82. The van der Waals surface area contributed by atoms with Crippen LogP contribution in [0.25, 0.3) is 11.1 Å². The first-order chi connectivity index (χ1) is 6.83. The number of hydrogen-bond acceptors (Lipinski definition) is 2. The fraction of sp³-hybridized carbons (Fsp3) is 0.0833. The number of benzene rings is 1. The van der Waals surface area contributed by atoms with Crippen LogP contribution in [0.15, 0.2) is 35.7 Å². The van der Waals surface area contributed by atoms with E-state index in [-0.39, 0.29) is 0 Å². The van der Waals surface area contributed by atoms with E-state index in [0.29, 0.717) is 0 Å². The van der Waals surface area contributed by atoms with Gasteiger partial charge in [0.05, 0.1) is 5.56 Å². The summed E-state index contributed by atoms with van der Waals surface area (Å²) in [6, 6.07) is 12.3. The minimum Gasteiger partial charge on any atom is -0.192 e. The standard InChI is InChI=1S/C12H9NS/c1-9-11(7-13)12(8-14-9)10-5-3-2-4-6-10/h2-6,8H,1H3. The van der Waals surface area contributed by atoms with Gasteiger partial charge in [0.15, 0.2) is 0 Å². The van der Waals surface area contributed by atoms with E-state index in [1.54, 1.807) is 11.3 Å². The van der Waals surface area contributed by atoms with Gasteiger partial charge in [0.2, 0.25) is 0 Å². The van der Waals surface area contributed by atoms with Gasteiger partial charge in [-0.1, -0.05) is 30.3 Å². The molecule has 0 fully saturated rings. The maximum atomic E-state index is 9.01. The van der Waals surface area contributed by atoms with Crippen LogP contribution in [-0.4, -0.2) is 0 Å². The third-order valence-electron chi connectivity index (χ3n) is 2.17. The summed E-state index contributed by atoms with van der Waals surface area (Å²) in [6.07, 6.45) is 0. The second kappa shape index (κ2) is 3.65. The zero-order valence-corrected chi connectivity index (χ0v) is 8.64. The van der Waals surface area contributed by atoms with Gasteiger partial charge in [-0.3, -0.25) is 0 Å². The van der Waals surface area contributed by atoms with Crippen molar-refractivity contribution in [1.29, 1.82) is 5.26 Å². The first-order valence-electron chi connectivity index (χ1n) is 4.36. The van der Waals surface area contributed by atoms with Gasteiger partial charge in [0.25, 0.3) is 0 Å². The second-order valence-electron chi connectivity index (χ2n) is 3.06. The molecule has 2 heteroatoms. The molecule has 0 aliphatic rings. The highest BCUT2D eigenvalue weighted by Crippen LogP contribution is 2.30. The van der Waals surface area contributed by atoms with Crippen LogP contribution in [0.5, 0.6) is 0 Å². The Bertz CT molecular complexity index is 477. The number of nitriles is 1. The molecule has 0 aliphatic heterocycles. The summed E-state index contributed by atoms with van der Waals surface area (Å²) in [4.78, 5) is 1.09. The minimum absolute atomic E-state index is 0.807. The van der Waals surface area contributed by atoms with Crippen molar-refractivity contribution < 1.29 is 0 Å². The molecule has 0 radical (unpaired) electrons. The van der Waals surface area contributed by atoms with Crippen molar-refractivity contribution in [3.05, 3.63) is 46.2 Å². The summed E-state index contributed by atoms with van der Waals surface area (Å²) < 4.78 is 0. The Hall–Kier alpha value is -1.59. The number of hydrogen-bond donors (Lipinski definition) is 0. The van der Waals surface area contributed by atoms with Gasteiger partial charge in [-0.2, -0.15) is 5.26 Å². The van der Waals surface area contributed by atoms with Crippen molar-refractivity contribution >= 4 is 11.3 Å². The van der Waals surface area contributed by atoms with E-state index in [2.05, 4.69) is 6.07 Å². The SMILES string of the molecule is Cc1scc(-c2ccccc2)c1C#N. The average molecular weight is 199 g/mol. The number of thiophene rings is 1. The summed E-state index contributed by atoms with van der Waals surface area (Å²) in [6.45, 7) is 1.98. The molecule has 1 nitrogen and oxygen atoms in total. The zero-order chi connectivity index (χ0) is 9.97. The summed E-state index contributed by atoms with van der Waals surface area (Å²) in [7, 11) is 0. The van der Waals surface area contributed by atoms with E-state index in [1.165, 1.54) is 0 Å². The van der Waals surface area contributed by atoms with Crippen LogP contribution in [0.2, 0.25) is 0 Å². The first kappa shape index (κ1) is 8.98. The lowest BCUT2D eigenvalue weighted by atomic mass is 10.0. The highest BCUT2D eigenvalue weighted by Gasteiger charge is 2.08. The van der Waals surface area contributed by atoms with E-state index in [0.717, 1.165) is 21.6 Å². The molecular weight excluding hydrogens is 190 g/mol. The van der Waals surface area contributed by atoms with Crippen LogP contribution >= 0.6 is 11.3 Å². The predicted octanol–water partition coefficient (Wildman–Crippen LogP) is 3.60. The molecule has 1 aromatic heterocycles. The van der Waals surface area contributed by atoms with Gasteiger partial charge >= 0.3 is 0 Å². The molecule has 0 unspecified atom stereocenters. The first-order valence-corrected chi connectivity index (χ1v) is 5.24. The van der Waals surface area contributed by atoms with Crippen molar-refractivity contribution in [3.63, 3.8) is 0 Å². The van der Waals surface area contributed by atoms with Crippen LogP contribution in [0, 0.1) is 18.3 Å². The maximum Gasteiger partial charge on any atom is 0.101 e. The van der Waals surface area contributed by atoms with Crippen LogP contribution in [0.4, 0.5) is 0 Å². The van der Waals surface area contributed by atoms with E-state index in [4.69, 9.17) is 5.26 Å². The Labute approximate surface area is 87.3 Å². The molecule has 0 bridgehead atoms. The highest BCUT2D eigenvalue weighted by molar-refractivity contribution is 7.10. The van der Waals surface area contributed by atoms with Crippen LogP contribution in [0.1, 0.15) is 10.4 Å². The topological polar surface area (TPSA) is 23.8 Å². The monoisotopic (exact) mass is 199 g/mol. The lowest BCUT2D eigenvalue weighted by Gasteiger charge is -1.97. The molecule has 68 valence electrons. The van der Waals surface area contributed by atoms with Crippen LogP contribution < -0.4 is 0 Å². The molecule has 14 heavy (non-hydrogen) atoms. The largest absolute Gasteiger partial charge is 0.192 e. The lowest BCUT2D eigenvalue weighted by molar-refractivity contribution is 1.47. The summed E-state index contributed by atoms with van der Waals surface area (Å²) in [5.74, 6) is 0. The fourth-order valence-corrected chi connectivity index (χ4v) is 2.25. The van der Waals surface area contributed by atoms with Crippen molar-refractivity contribution in [3.8, 4) is 17.2 Å². The summed E-state index contributed by atoms with van der Waals surface area (Å²) in [5.41, 5.74) is 2.98. The van der Waals surface area contributed by atoms with Gasteiger partial charge in [-0.05, 0) is 12.5 Å². The van der Waals surface area contributed by atoms with Gasteiger partial charge in [0, 0.05) is 15.8 Å².